The molecule has 0 aliphatic rings. The van der Waals surface area contributed by atoms with E-state index in [2.05, 4.69) is 10.1 Å². The van der Waals surface area contributed by atoms with E-state index in [1.54, 1.807) is 37.4 Å². The van der Waals surface area contributed by atoms with Gasteiger partial charge in [-0.25, -0.2) is 4.68 Å². The average molecular weight is 411 g/mol. The predicted octanol–water partition coefficient (Wildman–Crippen LogP) is 1.83. The van der Waals surface area contributed by atoms with Gasteiger partial charge < -0.3 is 9.88 Å². The van der Waals surface area contributed by atoms with Crippen LogP contribution in [0.1, 0.15) is 5.56 Å². The molecule has 146 valence electrons. The zero-order chi connectivity index (χ0) is 20.7. The summed E-state index contributed by atoms with van der Waals surface area (Å²) < 4.78 is 1.09. The van der Waals surface area contributed by atoms with Crippen molar-refractivity contribution in [3.63, 3.8) is 0 Å². The molecule has 8 nitrogen and oxygen atoms in total. The number of rotatable bonds is 4. The van der Waals surface area contributed by atoms with Gasteiger partial charge in [0.15, 0.2) is 0 Å². The summed E-state index contributed by atoms with van der Waals surface area (Å²) in [5, 5.41) is 2.95. The summed E-state index contributed by atoms with van der Waals surface area (Å²) in [5.41, 5.74) is -0.161. The van der Waals surface area contributed by atoms with Gasteiger partial charge in [0.05, 0.1) is 12.1 Å². The molecule has 0 atom stereocenters. The summed E-state index contributed by atoms with van der Waals surface area (Å²) in [6.45, 7) is 0.0304. The summed E-state index contributed by atoms with van der Waals surface area (Å²) in [4.78, 5) is 53.6. The van der Waals surface area contributed by atoms with E-state index in [1.165, 1.54) is 17.0 Å². The molecule has 0 aliphatic heterocycles. The number of nitrogens with zero attached hydrogens (tertiary/aromatic N) is 2. The number of H-pyrrole nitrogens is 2. The molecule has 1 amide bonds. The van der Waals surface area contributed by atoms with Crippen LogP contribution >= 0.6 is 11.6 Å². The van der Waals surface area contributed by atoms with Gasteiger partial charge in [-0.1, -0.05) is 23.7 Å². The SMILES string of the molecule is CN(C=O)c1cccc(Cn2[nH]c(=O)c3[nH]c4cc(Cl)ccc4c(=O)c3c2=O)c1. The number of carbonyl (C=O) groups is 1. The van der Waals surface area contributed by atoms with Crippen LogP contribution in [0.3, 0.4) is 0 Å². The first kappa shape index (κ1) is 18.7. The van der Waals surface area contributed by atoms with Gasteiger partial charge in [-0.05, 0) is 35.9 Å². The van der Waals surface area contributed by atoms with E-state index in [0.717, 1.165) is 4.68 Å². The van der Waals surface area contributed by atoms with Gasteiger partial charge in [-0.15, -0.1) is 0 Å². The molecule has 0 saturated heterocycles. The van der Waals surface area contributed by atoms with Gasteiger partial charge in [0, 0.05) is 23.1 Å². The molecular weight excluding hydrogens is 396 g/mol. The van der Waals surface area contributed by atoms with Crippen molar-refractivity contribution >= 4 is 45.5 Å². The second-order valence-corrected chi connectivity index (χ2v) is 7.05. The number of hydrogen-bond donors (Lipinski definition) is 2. The Labute approximate surface area is 167 Å². The number of aromatic nitrogens is 3. The van der Waals surface area contributed by atoms with E-state index >= 15 is 0 Å². The fourth-order valence-corrected chi connectivity index (χ4v) is 3.40. The maximum Gasteiger partial charge on any atom is 0.287 e. The molecule has 29 heavy (non-hydrogen) atoms. The summed E-state index contributed by atoms with van der Waals surface area (Å²) >= 11 is 5.96. The van der Waals surface area contributed by atoms with E-state index in [0.29, 0.717) is 28.2 Å². The summed E-state index contributed by atoms with van der Waals surface area (Å²) in [7, 11) is 1.60. The minimum Gasteiger partial charge on any atom is -0.350 e. The number of pyridine rings is 1. The lowest BCUT2D eigenvalue weighted by Gasteiger charge is -2.13. The van der Waals surface area contributed by atoms with Crippen LogP contribution in [-0.2, 0) is 11.3 Å². The van der Waals surface area contributed by atoms with Crippen LogP contribution in [0.25, 0.3) is 21.8 Å². The molecule has 0 radical (unpaired) electrons. The lowest BCUT2D eigenvalue weighted by Crippen LogP contribution is -2.34. The molecule has 0 unspecified atom stereocenters. The molecule has 4 aromatic rings. The van der Waals surface area contributed by atoms with Gasteiger partial charge in [0.2, 0.25) is 11.8 Å². The zero-order valence-corrected chi connectivity index (χ0v) is 16.0. The van der Waals surface area contributed by atoms with Crippen molar-refractivity contribution in [1.29, 1.82) is 0 Å². The molecule has 9 heteroatoms. The number of carbonyl (C=O) groups excluding carboxylic acids is 1. The quantitative estimate of drug-likeness (QED) is 0.395. The van der Waals surface area contributed by atoms with Gasteiger partial charge in [-0.2, -0.15) is 0 Å². The predicted molar refractivity (Wildman–Crippen MR) is 112 cm³/mol. The molecule has 0 bridgehead atoms. The molecule has 0 fully saturated rings. The van der Waals surface area contributed by atoms with Crippen LogP contribution < -0.4 is 21.4 Å². The lowest BCUT2D eigenvalue weighted by molar-refractivity contribution is -0.107. The van der Waals surface area contributed by atoms with Crippen LogP contribution in [0, 0.1) is 0 Å². The van der Waals surface area contributed by atoms with E-state index < -0.39 is 16.5 Å². The summed E-state index contributed by atoms with van der Waals surface area (Å²) in [5.74, 6) is 0. The van der Waals surface area contributed by atoms with Gasteiger partial charge >= 0.3 is 0 Å². The first-order valence-corrected chi connectivity index (χ1v) is 9.02. The fraction of sp³-hybridized carbons (Fsp3) is 0.100. The number of nitrogens with one attached hydrogen (secondary N) is 2. The number of aromatic amines is 2. The van der Waals surface area contributed by atoms with E-state index in [1.807, 2.05) is 0 Å². The van der Waals surface area contributed by atoms with Crippen LogP contribution in [0.5, 0.6) is 0 Å². The minimum absolute atomic E-state index is 0.0304. The molecule has 0 aliphatic carbocycles. The Kier molecular flexibility index (Phi) is 4.56. The van der Waals surface area contributed by atoms with Gasteiger partial charge in [0.25, 0.3) is 11.1 Å². The van der Waals surface area contributed by atoms with E-state index in [4.69, 9.17) is 11.6 Å². The molecule has 2 heterocycles. The molecule has 2 aromatic carbocycles. The van der Waals surface area contributed by atoms with Gasteiger partial charge in [0.1, 0.15) is 10.9 Å². The highest BCUT2D eigenvalue weighted by Gasteiger charge is 2.15. The Bertz CT molecular complexity index is 1450. The Morgan fingerprint density at radius 1 is 1.14 bits per heavy atom. The van der Waals surface area contributed by atoms with Crippen LogP contribution in [0.2, 0.25) is 5.02 Å². The van der Waals surface area contributed by atoms with Crippen molar-refractivity contribution in [2.24, 2.45) is 0 Å². The van der Waals surface area contributed by atoms with Crippen LogP contribution in [0.4, 0.5) is 5.69 Å². The Hall–Kier alpha value is -3.65. The Balaban J connectivity index is 1.91. The highest BCUT2D eigenvalue weighted by molar-refractivity contribution is 6.31. The van der Waals surface area contributed by atoms with Crippen LogP contribution in [0.15, 0.2) is 56.8 Å². The van der Waals surface area contributed by atoms with E-state index in [9.17, 15) is 19.2 Å². The summed E-state index contributed by atoms with van der Waals surface area (Å²) in [6.07, 6.45) is 0.667. The third-order valence-corrected chi connectivity index (χ3v) is 4.94. The van der Waals surface area contributed by atoms with Gasteiger partial charge in [-0.3, -0.25) is 24.3 Å². The smallest absolute Gasteiger partial charge is 0.287 e. The number of hydrogen-bond acceptors (Lipinski definition) is 4. The van der Waals surface area contributed by atoms with Crippen molar-refractivity contribution in [3.05, 3.63) is 84.0 Å². The highest BCUT2D eigenvalue weighted by Crippen LogP contribution is 2.17. The number of benzene rings is 2. The Morgan fingerprint density at radius 3 is 2.69 bits per heavy atom. The van der Waals surface area contributed by atoms with Crippen molar-refractivity contribution in [3.8, 4) is 0 Å². The van der Waals surface area contributed by atoms with Crippen LogP contribution in [-0.4, -0.2) is 28.2 Å². The lowest BCUT2D eigenvalue weighted by atomic mass is 10.1. The molecular formula is C20H15ClN4O4. The molecule has 2 aromatic heterocycles. The monoisotopic (exact) mass is 410 g/mol. The molecule has 2 N–H and O–H groups in total. The van der Waals surface area contributed by atoms with Crippen molar-refractivity contribution < 1.29 is 4.79 Å². The number of halogens is 1. The number of anilines is 1. The third-order valence-electron chi connectivity index (χ3n) is 4.70. The minimum atomic E-state index is -0.619. The number of amides is 1. The molecule has 0 spiro atoms. The second-order valence-electron chi connectivity index (χ2n) is 6.61. The average Bonchev–Trinajstić information content (AvgIpc) is 2.71. The zero-order valence-electron chi connectivity index (χ0n) is 15.2. The maximum absolute atomic E-state index is 13.0. The molecule has 4 rings (SSSR count). The van der Waals surface area contributed by atoms with Crippen molar-refractivity contribution in [1.82, 2.24) is 14.8 Å². The normalized spacial score (nSPS) is 11.1. The fourth-order valence-electron chi connectivity index (χ4n) is 3.23. The van der Waals surface area contributed by atoms with Crippen molar-refractivity contribution in [2.45, 2.75) is 6.54 Å². The maximum atomic E-state index is 13.0. The topological polar surface area (TPSA) is 108 Å². The third kappa shape index (κ3) is 3.23. The Morgan fingerprint density at radius 2 is 1.93 bits per heavy atom. The first-order valence-electron chi connectivity index (χ1n) is 8.64. The highest BCUT2D eigenvalue weighted by atomic mass is 35.5. The second kappa shape index (κ2) is 7.06. The largest absolute Gasteiger partial charge is 0.350 e. The standard InChI is InChI=1S/C20H15ClN4O4/c1-24(10-26)13-4-2-3-11(7-13)9-25-20(29)16-17(19(28)23-25)22-15-8-12(21)5-6-14(15)18(16)27/h2-8,10H,9H2,1H3,(H,22,27)(H,23,28). The van der Waals surface area contributed by atoms with Crippen molar-refractivity contribution in [2.75, 3.05) is 11.9 Å². The molecule has 0 saturated carbocycles. The first-order chi connectivity index (χ1) is 13.9. The summed E-state index contributed by atoms with van der Waals surface area (Å²) in [6, 6.07) is 11.5. The number of fused-ring (bicyclic) bond motifs is 2. The van der Waals surface area contributed by atoms with E-state index in [-0.39, 0.29) is 22.8 Å².